The summed E-state index contributed by atoms with van der Waals surface area (Å²) in [6.07, 6.45) is 0. The number of ether oxygens (including phenoxy) is 2. The highest BCUT2D eigenvalue weighted by atomic mass is 28.4. The van der Waals surface area contributed by atoms with Gasteiger partial charge in [0.2, 0.25) is 0 Å². The molecule has 0 amide bonds. The molecule has 0 aliphatic heterocycles. The second kappa shape index (κ2) is 7.89. The first-order valence-corrected chi connectivity index (χ1v) is 11.0. The van der Waals surface area contributed by atoms with Crippen LogP contribution in [0.3, 0.4) is 0 Å². The molecular formula is C19H34O4Si. The average Bonchev–Trinajstić information content (AvgIpc) is 2.37. The molecule has 0 fully saturated rings. The van der Waals surface area contributed by atoms with Gasteiger partial charge >= 0.3 is 8.56 Å². The molecule has 0 bridgehead atoms. The molecule has 0 N–H and O–H groups in total. The van der Waals surface area contributed by atoms with E-state index in [1.165, 1.54) is 0 Å². The molecule has 5 heteroatoms. The summed E-state index contributed by atoms with van der Waals surface area (Å²) in [4.78, 5) is 0. The SMILES string of the molecule is CCO[Si](C)(OCC)c1cc(OC(C)(C)C)ccc1OC(C)(C)C. The van der Waals surface area contributed by atoms with E-state index in [1.54, 1.807) is 0 Å². The van der Waals surface area contributed by atoms with Crippen LogP contribution in [0, 0.1) is 0 Å². The molecule has 24 heavy (non-hydrogen) atoms. The minimum absolute atomic E-state index is 0.265. The predicted octanol–water partition coefficient (Wildman–Crippen LogP) is 4.39. The van der Waals surface area contributed by atoms with Crippen LogP contribution in [0.4, 0.5) is 0 Å². The summed E-state index contributed by atoms with van der Waals surface area (Å²) in [7, 11) is -2.58. The van der Waals surface area contributed by atoms with Crippen LogP contribution >= 0.6 is 0 Å². The molecule has 0 aromatic heterocycles. The lowest BCUT2D eigenvalue weighted by Crippen LogP contribution is -2.52. The van der Waals surface area contributed by atoms with E-state index >= 15 is 0 Å². The third kappa shape index (κ3) is 6.46. The van der Waals surface area contributed by atoms with Gasteiger partial charge in [-0.2, -0.15) is 0 Å². The van der Waals surface area contributed by atoms with E-state index in [2.05, 4.69) is 6.55 Å². The van der Waals surface area contributed by atoms with Crippen molar-refractivity contribution in [2.75, 3.05) is 13.2 Å². The zero-order chi connectivity index (χ0) is 18.6. The Morgan fingerprint density at radius 2 is 1.33 bits per heavy atom. The predicted molar refractivity (Wildman–Crippen MR) is 102 cm³/mol. The molecule has 0 radical (unpaired) electrons. The summed E-state index contributed by atoms with van der Waals surface area (Å²) < 4.78 is 24.4. The number of benzene rings is 1. The van der Waals surface area contributed by atoms with Crippen LogP contribution in [0.15, 0.2) is 18.2 Å². The molecule has 0 saturated heterocycles. The quantitative estimate of drug-likeness (QED) is 0.680. The van der Waals surface area contributed by atoms with Crippen molar-refractivity contribution in [3.8, 4) is 11.5 Å². The van der Waals surface area contributed by atoms with Gasteiger partial charge in [0.15, 0.2) is 0 Å². The Morgan fingerprint density at radius 3 is 1.75 bits per heavy atom. The highest BCUT2D eigenvalue weighted by Crippen LogP contribution is 2.26. The van der Waals surface area contributed by atoms with Crippen LogP contribution in [-0.4, -0.2) is 33.0 Å². The van der Waals surface area contributed by atoms with Gasteiger partial charge in [-0.25, -0.2) is 0 Å². The lowest BCUT2D eigenvalue weighted by molar-refractivity contribution is 0.125. The maximum absolute atomic E-state index is 6.18. The van der Waals surface area contributed by atoms with Gasteiger partial charge in [0, 0.05) is 18.4 Å². The summed E-state index contributed by atoms with van der Waals surface area (Å²) in [6.45, 7) is 19.5. The molecule has 1 aromatic rings. The van der Waals surface area contributed by atoms with E-state index in [9.17, 15) is 0 Å². The van der Waals surface area contributed by atoms with Crippen LogP contribution in [-0.2, 0) is 8.85 Å². The van der Waals surface area contributed by atoms with Crippen molar-refractivity contribution < 1.29 is 18.3 Å². The van der Waals surface area contributed by atoms with E-state index in [0.717, 1.165) is 16.7 Å². The van der Waals surface area contributed by atoms with Crippen molar-refractivity contribution in [2.24, 2.45) is 0 Å². The molecule has 138 valence electrons. The molecule has 0 atom stereocenters. The molecule has 4 nitrogen and oxygen atoms in total. The Labute approximate surface area is 148 Å². The van der Waals surface area contributed by atoms with Gasteiger partial charge in [0.05, 0.1) is 0 Å². The van der Waals surface area contributed by atoms with Gasteiger partial charge in [-0.05, 0) is 80.1 Å². The number of hydrogen-bond acceptors (Lipinski definition) is 4. The lowest BCUT2D eigenvalue weighted by Gasteiger charge is -2.31. The van der Waals surface area contributed by atoms with Gasteiger partial charge in [0.25, 0.3) is 0 Å². The Bertz CT molecular complexity index is 523. The second-order valence-electron chi connectivity index (χ2n) is 7.90. The third-order valence-corrected chi connectivity index (χ3v) is 6.17. The van der Waals surface area contributed by atoms with Crippen LogP contribution in [0.25, 0.3) is 0 Å². The molecule has 0 aliphatic rings. The largest absolute Gasteiger partial charge is 0.488 e. The normalized spacial score (nSPS) is 13.0. The summed E-state index contributed by atoms with van der Waals surface area (Å²) in [5.41, 5.74) is -0.562. The molecule has 0 saturated carbocycles. The topological polar surface area (TPSA) is 36.9 Å². The molecule has 0 spiro atoms. The molecule has 1 aromatic carbocycles. The number of rotatable bonds is 7. The number of hydrogen-bond donors (Lipinski definition) is 0. The first-order chi connectivity index (χ1) is 10.9. The van der Waals surface area contributed by atoms with E-state index < -0.39 is 8.56 Å². The maximum atomic E-state index is 6.18. The molecule has 0 unspecified atom stereocenters. The van der Waals surface area contributed by atoms with Crippen LogP contribution < -0.4 is 14.7 Å². The van der Waals surface area contributed by atoms with Gasteiger partial charge in [-0.15, -0.1) is 0 Å². The average molecular weight is 355 g/mol. The zero-order valence-electron chi connectivity index (χ0n) is 16.8. The Kier molecular flexibility index (Phi) is 6.91. The second-order valence-corrected chi connectivity index (χ2v) is 10.9. The van der Waals surface area contributed by atoms with E-state index in [4.69, 9.17) is 18.3 Å². The van der Waals surface area contributed by atoms with Gasteiger partial charge in [0.1, 0.15) is 22.7 Å². The van der Waals surface area contributed by atoms with Gasteiger partial charge in [-0.3, -0.25) is 0 Å². The van der Waals surface area contributed by atoms with Crippen LogP contribution in [0.1, 0.15) is 55.4 Å². The highest BCUT2D eigenvalue weighted by molar-refractivity contribution is 6.80. The fourth-order valence-electron chi connectivity index (χ4n) is 2.45. The fourth-order valence-corrected chi connectivity index (χ4v) is 4.93. The molecule has 0 heterocycles. The smallest absolute Gasteiger partial charge is 0.373 e. The van der Waals surface area contributed by atoms with E-state index in [-0.39, 0.29) is 11.2 Å². The fraction of sp³-hybridized carbons (Fsp3) is 0.684. The van der Waals surface area contributed by atoms with Crippen LogP contribution in [0.5, 0.6) is 11.5 Å². The molecular weight excluding hydrogens is 320 g/mol. The van der Waals surface area contributed by atoms with Gasteiger partial charge in [-0.1, -0.05) is 0 Å². The summed E-state index contributed by atoms with van der Waals surface area (Å²) in [5.74, 6) is 1.61. The van der Waals surface area contributed by atoms with Crippen LogP contribution in [0.2, 0.25) is 6.55 Å². The van der Waals surface area contributed by atoms with Crippen molar-refractivity contribution in [3.05, 3.63) is 18.2 Å². The van der Waals surface area contributed by atoms with E-state index in [0.29, 0.717) is 13.2 Å². The first-order valence-electron chi connectivity index (χ1n) is 8.70. The molecule has 1 rings (SSSR count). The van der Waals surface area contributed by atoms with Crippen molar-refractivity contribution in [3.63, 3.8) is 0 Å². The van der Waals surface area contributed by atoms with Crippen molar-refractivity contribution in [2.45, 2.75) is 73.1 Å². The summed E-state index contributed by atoms with van der Waals surface area (Å²) in [6, 6.07) is 5.93. The summed E-state index contributed by atoms with van der Waals surface area (Å²) in [5, 5.41) is 0.975. The zero-order valence-corrected chi connectivity index (χ0v) is 17.8. The Morgan fingerprint density at radius 1 is 0.833 bits per heavy atom. The lowest BCUT2D eigenvalue weighted by atomic mass is 10.2. The third-order valence-electron chi connectivity index (χ3n) is 3.12. The molecule has 0 aliphatic carbocycles. The Balaban J connectivity index is 3.39. The maximum Gasteiger partial charge on any atom is 0.373 e. The van der Waals surface area contributed by atoms with Crippen molar-refractivity contribution in [1.29, 1.82) is 0 Å². The van der Waals surface area contributed by atoms with E-state index in [1.807, 2.05) is 73.6 Å². The van der Waals surface area contributed by atoms with Gasteiger partial charge < -0.3 is 18.3 Å². The Hall–Kier alpha value is -1.04. The van der Waals surface area contributed by atoms with Crippen molar-refractivity contribution in [1.82, 2.24) is 0 Å². The monoisotopic (exact) mass is 354 g/mol. The standard InChI is InChI=1S/C19H34O4Si/c1-10-20-24(9,21-11-2)17-14-15(22-18(3,4)5)12-13-16(17)23-19(6,7)8/h12-14H,10-11H2,1-9H3. The summed E-state index contributed by atoms with van der Waals surface area (Å²) >= 11 is 0. The minimum Gasteiger partial charge on any atom is -0.488 e. The first kappa shape index (κ1) is 21.0. The highest BCUT2D eigenvalue weighted by Gasteiger charge is 2.38. The van der Waals surface area contributed by atoms with Crippen molar-refractivity contribution >= 4 is 13.7 Å². The minimum atomic E-state index is -2.58.